The zero-order chi connectivity index (χ0) is 13.0. The molecule has 18 heavy (non-hydrogen) atoms. The molecule has 2 aromatic rings. The first kappa shape index (κ1) is 12.3. The molecule has 0 saturated carbocycles. The second-order valence-corrected chi connectivity index (χ2v) is 4.09. The van der Waals surface area contributed by atoms with Gasteiger partial charge in [-0.05, 0) is 12.6 Å². The maximum atomic E-state index is 10.9. The highest BCUT2D eigenvalue weighted by atomic mass is 16.4. The highest BCUT2D eigenvalue weighted by Gasteiger charge is 2.16. The fourth-order valence-electron chi connectivity index (χ4n) is 1.75. The monoisotopic (exact) mass is 246 g/mol. The van der Waals surface area contributed by atoms with Crippen LogP contribution in [0, 0.1) is 0 Å². The standard InChI is InChI=1S/C13H14N2O3/c1-15(7-10-5-3-2-4-6-10)8-11-12(13(16)17)14-9-18-11/h2-6,9H,7-8H2,1H3,(H,16,17). The number of hydrogen-bond donors (Lipinski definition) is 1. The highest BCUT2D eigenvalue weighted by molar-refractivity contribution is 5.86. The number of oxazole rings is 1. The van der Waals surface area contributed by atoms with Crippen LogP contribution in [-0.2, 0) is 13.1 Å². The smallest absolute Gasteiger partial charge is 0.358 e. The first-order chi connectivity index (χ1) is 8.66. The number of carboxylic acid groups (broad SMARTS) is 1. The molecule has 0 radical (unpaired) electrons. The second-order valence-electron chi connectivity index (χ2n) is 4.09. The molecule has 0 bridgehead atoms. The van der Waals surface area contributed by atoms with Gasteiger partial charge in [0.15, 0.2) is 17.8 Å². The van der Waals surface area contributed by atoms with Gasteiger partial charge in [0, 0.05) is 6.54 Å². The van der Waals surface area contributed by atoms with Crippen molar-refractivity contribution in [2.75, 3.05) is 7.05 Å². The van der Waals surface area contributed by atoms with E-state index in [1.54, 1.807) is 0 Å². The minimum absolute atomic E-state index is 0.0186. The molecule has 5 heteroatoms. The first-order valence-electron chi connectivity index (χ1n) is 5.55. The minimum Gasteiger partial charge on any atom is -0.476 e. The molecule has 0 saturated heterocycles. The molecule has 0 fully saturated rings. The van der Waals surface area contributed by atoms with E-state index in [1.807, 2.05) is 42.3 Å². The summed E-state index contributed by atoms with van der Waals surface area (Å²) >= 11 is 0. The van der Waals surface area contributed by atoms with E-state index in [2.05, 4.69) is 4.98 Å². The maximum Gasteiger partial charge on any atom is 0.358 e. The predicted molar refractivity (Wildman–Crippen MR) is 65.1 cm³/mol. The lowest BCUT2D eigenvalue weighted by molar-refractivity contribution is 0.0687. The van der Waals surface area contributed by atoms with Crippen LogP contribution in [0.4, 0.5) is 0 Å². The summed E-state index contributed by atoms with van der Waals surface area (Å²) < 4.78 is 5.10. The Bertz CT molecular complexity index is 522. The van der Waals surface area contributed by atoms with Gasteiger partial charge in [0.25, 0.3) is 0 Å². The summed E-state index contributed by atoms with van der Waals surface area (Å²) in [5, 5.41) is 8.92. The number of aromatic nitrogens is 1. The van der Waals surface area contributed by atoms with Gasteiger partial charge in [-0.2, -0.15) is 0 Å². The number of nitrogens with zero attached hydrogens (tertiary/aromatic N) is 2. The van der Waals surface area contributed by atoms with Gasteiger partial charge in [0.1, 0.15) is 0 Å². The Kier molecular flexibility index (Phi) is 3.74. The Hall–Kier alpha value is -2.14. The number of hydrogen-bond acceptors (Lipinski definition) is 4. The lowest BCUT2D eigenvalue weighted by Gasteiger charge is -2.15. The van der Waals surface area contributed by atoms with Crippen molar-refractivity contribution < 1.29 is 14.3 Å². The fourth-order valence-corrected chi connectivity index (χ4v) is 1.75. The molecule has 0 aliphatic rings. The lowest BCUT2D eigenvalue weighted by atomic mass is 10.2. The third-order valence-electron chi connectivity index (χ3n) is 2.55. The maximum absolute atomic E-state index is 10.9. The van der Waals surface area contributed by atoms with Gasteiger partial charge in [0.05, 0.1) is 6.54 Å². The molecule has 0 amide bonds. The Labute approximate surface area is 105 Å². The van der Waals surface area contributed by atoms with Gasteiger partial charge in [0.2, 0.25) is 0 Å². The van der Waals surface area contributed by atoms with Crippen molar-refractivity contribution in [2.24, 2.45) is 0 Å². The summed E-state index contributed by atoms with van der Waals surface area (Å²) in [5.41, 5.74) is 1.14. The molecule has 0 unspecified atom stereocenters. The van der Waals surface area contributed by atoms with E-state index in [4.69, 9.17) is 9.52 Å². The molecule has 1 heterocycles. The zero-order valence-electron chi connectivity index (χ0n) is 10.0. The van der Waals surface area contributed by atoms with Gasteiger partial charge >= 0.3 is 5.97 Å². The van der Waals surface area contributed by atoms with Crippen LogP contribution < -0.4 is 0 Å². The predicted octanol–water partition coefficient (Wildman–Crippen LogP) is 2.00. The van der Waals surface area contributed by atoms with Gasteiger partial charge in [-0.3, -0.25) is 4.90 Å². The van der Waals surface area contributed by atoms with Crippen LogP contribution in [-0.4, -0.2) is 28.0 Å². The highest BCUT2D eigenvalue weighted by Crippen LogP contribution is 2.11. The number of carboxylic acids is 1. The normalized spacial score (nSPS) is 10.8. The molecule has 2 rings (SSSR count). The van der Waals surface area contributed by atoms with E-state index in [9.17, 15) is 4.79 Å². The summed E-state index contributed by atoms with van der Waals surface area (Å²) in [7, 11) is 1.90. The van der Waals surface area contributed by atoms with Crippen LogP contribution in [0.15, 0.2) is 41.1 Å². The number of aromatic carboxylic acids is 1. The summed E-state index contributed by atoms with van der Waals surface area (Å²) in [6.45, 7) is 1.14. The van der Waals surface area contributed by atoms with E-state index < -0.39 is 5.97 Å². The molecule has 5 nitrogen and oxygen atoms in total. The van der Waals surface area contributed by atoms with Crippen LogP contribution in [0.25, 0.3) is 0 Å². The molecule has 1 aromatic heterocycles. The van der Waals surface area contributed by atoms with Crippen molar-refractivity contribution in [2.45, 2.75) is 13.1 Å². The van der Waals surface area contributed by atoms with Crippen LogP contribution >= 0.6 is 0 Å². The fraction of sp³-hybridized carbons (Fsp3) is 0.231. The number of carbonyl (C=O) groups is 1. The largest absolute Gasteiger partial charge is 0.476 e. The molecule has 1 aromatic carbocycles. The molecule has 0 aliphatic carbocycles. The molecule has 0 aliphatic heterocycles. The van der Waals surface area contributed by atoms with Gasteiger partial charge in [-0.15, -0.1) is 0 Å². The summed E-state index contributed by atoms with van der Waals surface area (Å²) in [5.74, 6) is -0.687. The molecular formula is C13H14N2O3. The zero-order valence-corrected chi connectivity index (χ0v) is 10.0. The second kappa shape index (κ2) is 5.46. The van der Waals surface area contributed by atoms with E-state index in [0.717, 1.165) is 18.5 Å². The van der Waals surface area contributed by atoms with Crippen LogP contribution in [0.2, 0.25) is 0 Å². The number of rotatable bonds is 5. The Morgan fingerprint density at radius 1 is 1.33 bits per heavy atom. The van der Waals surface area contributed by atoms with Crippen LogP contribution in [0.3, 0.4) is 0 Å². The van der Waals surface area contributed by atoms with Crippen molar-refractivity contribution in [3.05, 3.63) is 53.7 Å². The van der Waals surface area contributed by atoms with Gasteiger partial charge < -0.3 is 9.52 Å². The van der Waals surface area contributed by atoms with Crippen LogP contribution in [0.1, 0.15) is 21.8 Å². The molecule has 1 N–H and O–H groups in total. The van der Waals surface area contributed by atoms with Gasteiger partial charge in [-0.25, -0.2) is 9.78 Å². The third-order valence-corrected chi connectivity index (χ3v) is 2.55. The first-order valence-corrected chi connectivity index (χ1v) is 5.55. The Morgan fingerprint density at radius 2 is 2.06 bits per heavy atom. The van der Waals surface area contributed by atoms with E-state index in [-0.39, 0.29) is 5.69 Å². The van der Waals surface area contributed by atoms with Crippen molar-refractivity contribution in [3.63, 3.8) is 0 Å². The van der Waals surface area contributed by atoms with Gasteiger partial charge in [-0.1, -0.05) is 30.3 Å². The Morgan fingerprint density at radius 3 is 2.72 bits per heavy atom. The van der Waals surface area contributed by atoms with Crippen molar-refractivity contribution >= 4 is 5.97 Å². The summed E-state index contributed by atoms with van der Waals surface area (Å²) in [4.78, 5) is 16.5. The number of benzene rings is 1. The quantitative estimate of drug-likeness (QED) is 0.874. The van der Waals surface area contributed by atoms with Crippen molar-refractivity contribution in [1.82, 2.24) is 9.88 Å². The van der Waals surface area contributed by atoms with Crippen molar-refractivity contribution in [3.8, 4) is 0 Å². The summed E-state index contributed by atoms with van der Waals surface area (Å²) in [6.07, 6.45) is 1.16. The average molecular weight is 246 g/mol. The lowest BCUT2D eigenvalue weighted by Crippen LogP contribution is -2.18. The molecular weight excluding hydrogens is 232 g/mol. The molecule has 0 atom stereocenters. The Balaban J connectivity index is 2.01. The van der Waals surface area contributed by atoms with E-state index in [1.165, 1.54) is 0 Å². The minimum atomic E-state index is -1.06. The average Bonchev–Trinajstić information content (AvgIpc) is 2.78. The van der Waals surface area contributed by atoms with E-state index in [0.29, 0.717) is 12.3 Å². The topological polar surface area (TPSA) is 66.6 Å². The van der Waals surface area contributed by atoms with E-state index >= 15 is 0 Å². The molecule has 0 spiro atoms. The molecule has 94 valence electrons. The van der Waals surface area contributed by atoms with Crippen molar-refractivity contribution in [1.29, 1.82) is 0 Å². The summed E-state index contributed by atoms with van der Waals surface area (Å²) in [6, 6.07) is 9.95. The van der Waals surface area contributed by atoms with Crippen LogP contribution in [0.5, 0.6) is 0 Å². The SMILES string of the molecule is CN(Cc1ccccc1)Cc1ocnc1C(=O)O. The third kappa shape index (κ3) is 2.95.